The molecule has 1 spiro atoms. The highest BCUT2D eigenvalue weighted by atomic mass is 16.6. The Hall–Kier alpha value is -2.93. The van der Waals surface area contributed by atoms with Gasteiger partial charge in [0.05, 0.1) is 13.0 Å². The minimum atomic E-state index is -1.28. The van der Waals surface area contributed by atoms with Crippen molar-refractivity contribution in [2.24, 2.45) is 0 Å². The Bertz CT molecular complexity index is 978. The van der Waals surface area contributed by atoms with Crippen molar-refractivity contribution < 1.29 is 14.5 Å². The summed E-state index contributed by atoms with van der Waals surface area (Å²) in [5.74, 6) is -0.0832. The lowest BCUT2D eigenvalue weighted by Crippen LogP contribution is -2.55. The van der Waals surface area contributed by atoms with Gasteiger partial charge in [0.2, 0.25) is 0 Å². The highest BCUT2D eigenvalue weighted by molar-refractivity contribution is 6.07. The molecule has 3 aliphatic heterocycles. The SMILES string of the molecule is COc1ccccc1[C@@H]1[C@@H]2CCCN2[C@]2(C(=O)Nc3ccccc32)[C@@H]1[N+](=O)[O-]. The summed E-state index contributed by atoms with van der Waals surface area (Å²) < 4.78 is 5.54. The van der Waals surface area contributed by atoms with Crippen LogP contribution in [0.3, 0.4) is 0 Å². The van der Waals surface area contributed by atoms with E-state index in [0.717, 1.165) is 18.4 Å². The minimum absolute atomic E-state index is 0.0800. The summed E-state index contributed by atoms with van der Waals surface area (Å²) in [5, 5.41) is 15.4. The van der Waals surface area contributed by atoms with Gasteiger partial charge in [-0.15, -0.1) is 0 Å². The molecule has 28 heavy (non-hydrogen) atoms. The lowest BCUT2D eigenvalue weighted by atomic mass is 9.77. The molecule has 3 heterocycles. The van der Waals surface area contributed by atoms with E-state index in [2.05, 4.69) is 10.2 Å². The van der Waals surface area contributed by atoms with Crippen LogP contribution in [0.25, 0.3) is 0 Å². The normalized spacial score (nSPS) is 30.9. The molecule has 2 fully saturated rings. The van der Waals surface area contributed by atoms with Crippen molar-refractivity contribution in [1.29, 1.82) is 0 Å². The Morgan fingerprint density at radius 3 is 2.75 bits per heavy atom. The predicted molar refractivity (Wildman–Crippen MR) is 103 cm³/mol. The number of nitro groups is 1. The molecule has 3 aliphatic rings. The standard InChI is InChI=1S/C21H21N3O4/c1-28-17-11-5-2-7-13(17)18-16-10-6-12-23(16)21(19(18)24(26)27)14-8-3-4-9-15(14)22-20(21)25/h2-5,7-9,11,16,18-19H,6,10,12H2,1H3,(H,22,25)/t16-,18+,19+,21-/m0/s1. The van der Waals surface area contributed by atoms with Crippen molar-refractivity contribution in [1.82, 2.24) is 4.90 Å². The average Bonchev–Trinajstić information content (AvgIpc) is 3.35. The van der Waals surface area contributed by atoms with Crippen LogP contribution in [-0.4, -0.2) is 41.5 Å². The fourth-order valence-corrected chi connectivity index (χ4v) is 5.69. The van der Waals surface area contributed by atoms with E-state index in [9.17, 15) is 14.9 Å². The number of para-hydroxylation sites is 2. The van der Waals surface area contributed by atoms with Gasteiger partial charge in [-0.3, -0.25) is 19.8 Å². The Balaban J connectivity index is 1.78. The van der Waals surface area contributed by atoms with E-state index in [1.54, 1.807) is 7.11 Å². The van der Waals surface area contributed by atoms with Gasteiger partial charge in [0.25, 0.3) is 11.9 Å². The largest absolute Gasteiger partial charge is 0.496 e. The fourth-order valence-electron chi connectivity index (χ4n) is 5.69. The average molecular weight is 379 g/mol. The van der Waals surface area contributed by atoms with E-state index >= 15 is 0 Å². The third-order valence-corrected chi connectivity index (χ3v) is 6.59. The van der Waals surface area contributed by atoms with Gasteiger partial charge in [-0.05, 0) is 25.0 Å². The van der Waals surface area contributed by atoms with Crippen LogP contribution in [-0.2, 0) is 10.3 Å². The third kappa shape index (κ3) is 1.99. The predicted octanol–water partition coefficient (Wildman–Crippen LogP) is 2.75. The van der Waals surface area contributed by atoms with Gasteiger partial charge in [0.15, 0.2) is 5.54 Å². The number of nitrogens with zero attached hydrogens (tertiary/aromatic N) is 2. The van der Waals surface area contributed by atoms with Crippen molar-refractivity contribution in [2.75, 3.05) is 19.0 Å². The molecular weight excluding hydrogens is 358 g/mol. The number of nitrogens with one attached hydrogen (secondary N) is 1. The van der Waals surface area contributed by atoms with Crippen LogP contribution in [0.15, 0.2) is 48.5 Å². The Kier molecular flexibility index (Phi) is 3.71. The summed E-state index contributed by atoms with van der Waals surface area (Å²) in [7, 11) is 1.58. The van der Waals surface area contributed by atoms with Gasteiger partial charge >= 0.3 is 0 Å². The molecule has 2 aromatic rings. The molecular formula is C21H21N3O4. The zero-order valence-electron chi connectivity index (χ0n) is 15.5. The van der Waals surface area contributed by atoms with Crippen molar-refractivity contribution in [3.05, 3.63) is 69.8 Å². The number of benzene rings is 2. The Labute approximate surface area is 162 Å². The number of methoxy groups -OCH3 is 1. The summed E-state index contributed by atoms with van der Waals surface area (Å²) in [6, 6.07) is 13.7. The second-order valence-electron chi connectivity index (χ2n) is 7.67. The van der Waals surface area contributed by atoms with Crippen molar-refractivity contribution in [3.8, 4) is 5.75 Å². The molecule has 144 valence electrons. The molecule has 2 saturated heterocycles. The molecule has 0 aromatic heterocycles. The highest BCUT2D eigenvalue weighted by Crippen LogP contribution is 2.58. The van der Waals surface area contributed by atoms with E-state index < -0.39 is 17.5 Å². The van der Waals surface area contributed by atoms with Gasteiger partial charge in [-0.25, -0.2) is 0 Å². The van der Waals surface area contributed by atoms with Crippen LogP contribution in [0.5, 0.6) is 5.75 Å². The highest BCUT2D eigenvalue weighted by Gasteiger charge is 2.73. The van der Waals surface area contributed by atoms with Gasteiger partial charge < -0.3 is 10.1 Å². The summed E-state index contributed by atoms with van der Waals surface area (Å²) >= 11 is 0. The van der Waals surface area contributed by atoms with Crippen LogP contribution in [0.2, 0.25) is 0 Å². The molecule has 5 rings (SSSR count). The first-order chi connectivity index (χ1) is 13.6. The minimum Gasteiger partial charge on any atom is -0.496 e. The van der Waals surface area contributed by atoms with Crippen molar-refractivity contribution in [3.63, 3.8) is 0 Å². The molecule has 7 heteroatoms. The molecule has 4 atom stereocenters. The molecule has 0 aliphatic carbocycles. The number of carbonyl (C=O) groups excluding carboxylic acids is 1. The van der Waals surface area contributed by atoms with Crippen molar-refractivity contribution >= 4 is 11.6 Å². The van der Waals surface area contributed by atoms with Crippen LogP contribution >= 0.6 is 0 Å². The maximum atomic E-state index is 13.4. The zero-order valence-corrected chi connectivity index (χ0v) is 15.5. The van der Waals surface area contributed by atoms with Crippen LogP contribution < -0.4 is 10.1 Å². The first kappa shape index (κ1) is 17.2. The molecule has 0 bridgehead atoms. The number of rotatable bonds is 3. The van der Waals surface area contributed by atoms with E-state index in [4.69, 9.17) is 4.74 Å². The van der Waals surface area contributed by atoms with E-state index in [1.165, 1.54) is 0 Å². The molecule has 0 radical (unpaired) electrons. The topological polar surface area (TPSA) is 84.7 Å². The Morgan fingerprint density at radius 1 is 1.21 bits per heavy atom. The van der Waals surface area contributed by atoms with Gasteiger partial charge in [-0.2, -0.15) is 0 Å². The molecule has 7 nitrogen and oxygen atoms in total. The van der Waals surface area contributed by atoms with Crippen LogP contribution in [0, 0.1) is 10.1 Å². The second kappa shape index (κ2) is 6.04. The molecule has 2 aromatic carbocycles. The number of anilines is 1. The van der Waals surface area contributed by atoms with Crippen LogP contribution in [0.4, 0.5) is 5.69 Å². The number of hydrogen-bond donors (Lipinski definition) is 1. The number of hydrogen-bond acceptors (Lipinski definition) is 5. The number of amides is 1. The summed E-state index contributed by atoms with van der Waals surface area (Å²) in [6.45, 7) is 0.669. The van der Waals surface area contributed by atoms with E-state index in [-0.39, 0.29) is 16.9 Å². The van der Waals surface area contributed by atoms with E-state index in [1.807, 2.05) is 48.5 Å². The maximum absolute atomic E-state index is 13.4. The smallest absolute Gasteiger partial charge is 0.256 e. The molecule has 0 unspecified atom stereocenters. The first-order valence-corrected chi connectivity index (χ1v) is 9.54. The first-order valence-electron chi connectivity index (χ1n) is 9.54. The number of fused-ring (bicyclic) bond motifs is 4. The quantitative estimate of drug-likeness (QED) is 0.655. The monoisotopic (exact) mass is 379 g/mol. The summed E-state index contributed by atoms with van der Waals surface area (Å²) in [6.07, 6.45) is 1.74. The molecule has 0 saturated carbocycles. The summed E-state index contributed by atoms with van der Waals surface area (Å²) in [5.41, 5.74) is 0.904. The third-order valence-electron chi connectivity index (χ3n) is 6.59. The summed E-state index contributed by atoms with van der Waals surface area (Å²) in [4.78, 5) is 27.7. The van der Waals surface area contributed by atoms with Crippen LogP contribution in [0.1, 0.15) is 29.9 Å². The van der Waals surface area contributed by atoms with Crippen molar-refractivity contribution in [2.45, 2.75) is 36.4 Å². The molecule has 1 amide bonds. The fraction of sp³-hybridized carbons (Fsp3) is 0.381. The number of carbonyl (C=O) groups is 1. The maximum Gasteiger partial charge on any atom is 0.256 e. The second-order valence-corrected chi connectivity index (χ2v) is 7.67. The zero-order chi connectivity index (χ0) is 19.5. The lowest BCUT2D eigenvalue weighted by Gasteiger charge is -2.32. The van der Waals surface area contributed by atoms with Gasteiger partial charge in [-0.1, -0.05) is 36.4 Å². The lowest BCUT2D eigenvalue weighted by molar-refractivity contribution is -0.534. The Morgan fingerprint density at radius 2 is 1.96 bits per heavy atom. The molecule has 1 N–H and O–H groups in total. The van der Waals surface area contributed by atoms with Gasteiger partial charge in [0.1, 0.15) is 5.75 Å². The van der Waals surface area contributed by atoms with E-state index in [0.29, 0.717) is 23.5 Å². The van der Waals surface area contributed by atoms with Gasteiger partial charge in [0, 0.05) is 34.3 Å². The number of ether oxygens (including phenoxy) is 1.